The van der Waals surface area contributed by atoms with E-state index in [9.17, 15) is 10.1 Å². The van der Waals surface area contributed by atoms with E-state index in [1.807, 2.05) is 26.0 Å². The number of aryl methyl sites for hydroxylation is 1. The van der Waals surface area contributed by atoms with Crippen LogP contribution in [0.3, 0.4) is 0 Å². The molecule has 3 aromatic heterocycles. The van der Waals surface area contributed by atoms with Gasteiger partial charge in [-0.1, -0.05) is 12.1 Å². The molecule has 1 amide bonds. The molecule has 0 saturated heterocycles. The zero-order valence-electron chi connectivity index (χ0n) is 17.2. The molecular weight excluding hydrogens is 394 g/mol. The lowest BCUT2D eigenvalue weighted by molar-refractivity contribution is -0.122. The quantitative estimate of drug-likeness (QED) is 0.534. The van der Waals surface area contributed by atoms with Gasteiger partial charge in [-0.2, -0.15) is 10.4 Å². The number of carbonyl (C=O) groups is 1. The largest absolute Gasteiger partial charge is 0.464 e. The van der Waals surface area contributed by atoms with Gasteiger partial charge in [0.05, 0.1) is 23.5 Å². The predicted molar refractivity (Wildman–Crippen MR) is 114 cm³/mol. The van der Waals surface area contributed by atoms with Crippen molar-refractivity contribution in [2.45, 2.75) is 26.9 Å². The lowest BCUT2D eigenvalue weighted by Gasteiger charge is -2.14. The van der Waals surface area contributed by atoms with Crippen LogP contribution in [0.4, 0.5) is 5.82 Å². The Hall–Kier alpha value is -4.32. The SMILES string of the molecule is Cc1ccc(NC(=O)[C@H](C)Oc2ncnc3c2cnn3-c2cccc(C#N)c2C)nc1. The summed E-state index contributed by atoms with van der Waals surface area (Å²) in [6, 6.07) is 11.2. The second-order valence-corrected chi connectivity index (χ2v) is 7.00. The predicted octanol–water partition coefficient (Wildman–Crippen LogP) is 3.11. The number of nitriles is 1. The number of fused-ring (bicyclic) bond motifs is 1. The molecule has 0 bridgehead atoms. The van der Waals surface area contributed by atoms with Gasteiger partial charge in [0.2, 0.25) is 5.88 Å². The number of rotatable bonds is 5. The number of ether oxygens (including phenoxy) is 1. The second-order valence-electron chi connectivity index (χ2n) is 7.00. The third kappa shape index (κ3) is 3.91. The van der Waals surface area contributed by atoms with E-state index in [1.165, 1.54) is 6.33 Å². The lowest BCUT2D eigenvalue weighted by atomic mass is 10.1. The molecule has 0 aliphatic carbocycles. The Morgan fingerprint density at radius 1 is 1.16 bits per heavy atom. The van der Waals surface area contributed by atoms with Crippen LogP contribution in [0.2, 0.25) is 0 Å². The standard InChI is InChI=1S/C22H19N7O2/c1-13-7-8-19(24-10-13)28-21(30)15(3)31-22-17-11-27-29(20(17)25-12-26-22)18-6-4-5-16(9-23)14(18)2/h4-8,10-12,15H,1-3H3,(H,24,28,30)/t15-/m0/s1. The maximum atomic E-state index is 12.5. The van der Waals surface area contributed by atoms with Gasteiger partial charge in [-0.05, 0) is 50.1 Å². The third-order valence-electron chi connectivity index (χ3n) is 4.80. The minimum Gasteiger partial charge on any atom is -0.464 e. The number of nitrogens with one attached hydrogen (secondary N) is 1. The summed E-state index contributed by atoms with van der Waals surface area (Å²) in [4.78, 5) is 25.2. The molecule has 0 aliphatic heterocycles. The van der Waals surface area contributed by atoms with Crippen molar-refractivity contribution >= 4 is 22.8 Å². The van der Waals surface area contributed by atoms with E-state index in [4.69, 9.17) is 4.74 Å². The van der Waals surface area contributed by atoms with E-state index in [0.29, 0.717) is 22.4 Å². The minimum atomic E-state index is -0.826. The first kappa shape index (κ1) is 20.0. The molecule has 31 heavy (non-hydrogen) atoms. The smallest absolute Gasteiger partial charge is 0.266 e. The fraction of sp³-hybridized carbons (Fsp3) is 0.182. The van der Waals surface area contributed by atoms with Crippen LogP contribution in [0.25, 0.3) is 16.7 Å². The number of benzene rings is 1. The molecular formula is C22H19N7O2. The molecule has 0 radical (unpaired) electrons. The van der Waals surface area contributed by atoms with E-state index in [-0.39, 0.29) is 11.8 Å². The van der Waals surface area contributed by atoms with Gasteiger partial charge in [-0.25, -0.2) is 19.6 Å². The van der Waals surface area contributed by atoms with Crippen molar-refractivity contribution in [1.29, 1.82) is 5.26 Å². The van der Waals surface area contributed by atoms with Gasteiger partial charge in [-0.15, -0.1) is 0 Å². The third-order valence-corrected chi connectivity index (χ3v) is 4.80. The van der Waals surface area contributed by atoms with Crippen molar-refractivity contribution in [3.05, 3.63) is 65.7 Å². The first-order valence-electron chi connectivity index (χ1n) is 9.57. The Kier molecular flexibility index (Phi) is 5.28. The average molecular weight is 413 g/mol. The Morgan fingerprint density at radius 2 is 2.00 bits per heavy atom. The summed E-state index contributed by atoms with van der Waals surface area (Å²) < 4.78 is 7.44. The monoisotopic (exact) mass is 413 g/mol. The number of amides is 1. The van der Waals surface area contributed by atoms with Crippen molar-refractivity contribution in [1.82, 2.24) is 24.7 Å². The van der Waals surface area contributed by atoms with Gasteiger partial charge in [0.15, 0.2) is 11.8 Å². The van der Waals surface area contributed by atoms with Crippen molar-refractivity contribution in [3.8, 4) is 17.6 Å². The van der Waals surface area contributed by atoms with Gasteiger partial charge in [-0.3, -0.25) is 4.79 Å². The molecule has 0 spiro atoms. The number of nitrogens with zero attached hydrogens (tertiary/aromatic N) is 6. The number of anilines is 1. The average Bonchev–Trinajstić information content (AvgIpc) is 3.20. The number of hydrogen-bond donors (Lipinski definition) is 1. The molecule has 9 nitrogen and oxygen atoms in total. The van der Waals surface area contributed by atoms with Gasteiger partial charge < -0.3 is 10.1 Å². The fourth-order valence-electron chi connectivity index (χ4n) is 3.06. The highest BCUT2D eigenvalue weighted by Gasteiger charge is 2.20. The summed E-state index contributed by atoms with van der Waals surface area (Å²) in [7, 11) is 0. The first-order valence-corrected chi connectivity index (χ1v) is 9.57. The molecule has 4 rings (SSSR count). The Balaban J connectivity index is 1.60. The molecule has 154 valence electrons. The summed E-state index contributed by atoms with van der Waals surface area (Å²) in [6.45, 7) is 5.40. The van der Waals surface area contributed by atoms with Crippen LogP contribution in [0.1, 0.15) is 23.6 Å². The highest BCUT2D eigenvalue weighted by molar-refractivity contribution is 5.93. The van der Waals surface area contributed by atoms with Crippen molar-refractivity contribution in [2.24, 2.45) is 0 Å². The minimum absolute atomic E-state index is 0.241. The zero-order valence-corrected chi connectivity index (χ0v) is 17.2. The van der Waals surface area contributed by atoms with Gasteiger partial charge in [0.1, 0.15) is 17.5 Å². The van der Waals surface area contributed by atoms with E-state index in [0.717, 1.165) is 16.8 Å². The van der Waals surface area contributed by atoms with Gasteiger partial charge in [0.25, 0.3) is 5.91 Å². The maximum Gasteiger partial charge on any atom is 0.266 e. The van der Waals surface area contributed by atoms with Gasteiger partial charge in [0, 0.05) is 6.20 Å². The van der Waals surface area contributed by atoms with Crippen molar-refractivity contribution < 1.29 is 9.53 Å². The molecule has 0 fully saturated rings. The van der Waals surface area contributed by atoms with Crippen molar-refractivity contribution in [2.75, 3.05) is 5.32 Å². The summed E-state index contributed by atoms with van der Waals surface area (Å²) in [5.41, 5.74) is 3.58. The lowest BCUT2D eigenvalue weighted by Crippen LogP contribution is -2.30. The molecule has 4 aromatic rings. The van der Waals surface area contributed by atoms with Crippen LogP contribution < -0.4 is 10.1 Å². The highest BCUT2D eigenvalue weighted by atomic mass is 16.5. The summed E-state index contributed by atoms with van der Waals surface area (Å²) in [6.07, 6.45) is 3.78. The number of aromatic nitrogens is 5. The Labute approximate surface area is 178 Å². The topological polar surface area (TPSA) is 119 Å². The molecule has 1 atom stereocenters. The molecule has 9 heteroatoms. The zero-order chi connectivity index (χ0) is 22.0. The van der Waals surface area contributed by atoms with E-state index in [2.05, 4.69) is 31.4 Å². The highest BCUT2D eigenvalue weighted by Crippen LogP contribution is 2.26. The molecule has 1 N–H and O–H groups in total. The van der Waals surface area contributed by atoms with Crippen LogP contribution >= 0.6 is 0 Å². The maximum absolute atomic E-state index is 12.5. The summed E-state index contributed by atoms with van der Waals surface area (Å²) >= 11 is 0. The van der Waals surface area contributed by atoms with E-state index in [1.54, 1.807) is 42.2 Å². The normalized spacial score (nSPS) is 11.7. The Morgan fingerprint density at radius 3 is 2.74 bits per heavy atom. The second kappa shape index (κ2) is 8.20. The van der Waals surface area contributed by atoms with Crippen LogP contribution in [0, 0.1) is 25.2 Å². The van der Waals surface area contributed by atoms with E-state index >= 15 is 0 Å². The van der Waals surface area contributed by atoms with E-state index < -0.39 is 6.10 Å². The number of hydrogen-bond acceptors (Lipinski definition) is 7. The number of carbonyl (C=O) groups excluding carboxylic acids is 1. The summed E-state index contributed by atoms with van der Waals surface area (Å²) in [5, 5.41) is 17.0. The first-order chi connectivity index (χ1) is 15.0. The molecule has 0 aliphatic rings. The molecule has 0 unspecified atom stereocenters. The number of pyridine rings is 1. The van der Waals surface area contributed by atoms with Crippen LogP contribution in [-0.2, 0) is 4.79 Å². The summed E-state index contributed by atoms with van der Waals surface area (Å²) in [5.74, 6) is 0.331. The van der Waals surface area contributed by atoms with Crippen molar-refractivity contribution in [3.63, 3.8) is 0 Å². The fourth-order valence-corrected chi connectivity index (χ4v) is 3.06. The van der Waals surface area contributed by atoms with Gasteiger partial charge >= 0.3 is 0 Å². The van der Waals surface area contributed by atoms with Crippen LogP contribution in [-0.4, -0.2) is 36.7 Å². The molecule has 3 heterocycles. The molecule has 1 aromatic carbocycles. The van der Waals surface area contributed by atoms with Crippen LogP contribution in [0.15, 0.2) is 49.1 Å². The van der Waals surface area contributed by atoms with Crippen LogP contribution in [0.5, 0.6) is 5.88 Å². The molecule has 0 saturated carbocycles. The Bertz CT molecular complexity index is 1310.